The molecular weight excluding hydrogens is 190 g/mol. The average molecular weight is 215 g/mol. The minimum atomic E-state index is 0.257. The Morgan fingerprint density at radius 2 is 2.00 bits per heavy atom. The largest absolute Gasteiger partial charge is 0.376 e. The minimum Gasteiger partial charge on any atom is -0.376 e. The van der Waals surface area contributed by atoms with Crippen molar-refractivity contribution in [2.45, 2.75) is 52.4 Å². The second-order valence-corrected chi connectivity index (χ2v) is 5.18. The highest BCUT2D eigenvalue weighted by atomic mass is 16.5. The van der Waals surface area contributed by atoms with Gasteiger partial charge in [-0.1, -0.05) is 13.8 Å². The molecule has 2 atom stereocenters. The summed E-state index contributed by atoms with van der Waals surface area (Å²) in [4.78, 5) is 0. The molecule has 1 aliphatic rings. The molecule has 0 spiro atoms. The molecule has 0 bridgehead atoms. The van der Waals surface area contributed by atoms with Gasteiger partial charge in [0.1, 0.15) is 0 Å². The maximum absolute atomic E-state index is 5.81. The van der Waals surface area contributed by atoms with Crippen LogP contribution in [0.2, 0.25) is 0 Å². The lowest BCUT2D eigenvalue weighted by Crippen LogP contribution is -2.60. The highest BCUT2D eigenvalue weighted by Gasteiger charge is 2.47. The highest BCUT2D eigenvalue weighted by Crippen LogP contribution is 2.42. The summed E-state index contributed by atoms with van der Waals surface area (Å²) >= 11 is 0. The molecule has 0 aromatic heterocycles. The Hall–Kier alpha value is -0.120. The lowest BCUT2D eigenvalue weighted by Gasteiger charge is -2.51. The Balaban J connectivity index is 2.14. The molecule has 2 unspecified atom stereocenters. The summed E-state index contributed by atoms with van der Waals surface area (Å²) in [7, 11) is 2.02. The van der Waals surface area contributed by atoms with Crippen LogP contribution in [0.15, 0.2) is 0 Å². The molecular formula is C12H25NO2. The van der Waals surface area contributed by atoms with E-state index in [1.54, 1.807) is 0 Å². The molecule has 0 saturated heterocycles. The number of rotatable bonds is 6. The van der Waals surface area contributed by atoms with Gasteiger partial charge in [-0.2, -0.15) is 0 Å². The molecule has 1 saturated carbocycles. The SMILES string of the molecule is CNC1CC(OCCOC(C)C)C1(C)C. The van der Waals surface area contributed by atoms with Crippen LogP contribution in [0.3, 0.4) is 0 Å². The van der Waals surface area contributed by atoms with Crippen LogP contribution in [0.1, 0.15) is 34.1 Å². The van der Waals surface area contributed by atoms with Crippen LogP contribution in [-0.4, -0.2) is 38.5 Å². The van der Waals surface area contributed by atoms with Crippen LogP contribution in [0.5, 0.6) is 0 Å². The molecule has 1 rings (SSSR count). The molecule has 0 aromatic rings. The van der Waals surface area contributed by atoms with Gasteiger partial charge in [0.25, 0.3) is 0 Å². The van der Waals surface area contributed by atoms with E-state index >= 15 is 0 Å². The topological polar surface area (TPSA) is 30.5 Å². The Bertz CT molecular complexity index is 192. The van der Waals surface area contributed by atoms with Gasteiger partial charge < -0.3 is 14.8 Å². The fraction of sp³-hybridized carbons (Fsp3) is 1.00. The number of hydrogen-bond acceptors (Lipinski definition) is 3. The molecule has 3 nitrogen and oxygen atoms in total. The van der Waals surface area contributed by atoms with Crippen molar-refractivity contribution in [1.82, 2.24) is 5.32 Å². The van der Waals surface area contributed by atoms with Crippen LogP contribution >= 0.6 is 0 Å². The molecule has 0 heterocycles. The van der Waals surface area contributed by atoms with Crippen LogP contribution in [0, 0.1) is 5.41 Å². The van der Waals surface area contributed by atoms with E-state index in [1.165, 1.54) is 0 Å². The van der Waals surface area contributed by atoms with Crippen molar-refractivity contribution in [2.75, 3.05) is 20.3 Å². The van der Waals surface area contributed by atoms with Crippen molar-refractivity contribution in [3.8, 4) is 0 Å². The van der Waals surface area contributed by atoms with Crippen LogP contribution in [0.4, 0.5) is 0 Å². The van der Waals surface area contributed by atoms with Crippen LogP contribution < -0.4 is 5.32 Å². The van der Waals surface area contributed by atoms with Crippen molar-refractivity contribution in [2.24, 2.45) is 5.41 Å². The summed E-state index contributed by atoms with van der Waals surface area (Å²) < 4.78 is 11.3. The quantitative estimate of drug-likeness (QED) is 0.686. The third-order valence-electron chi connectivity index (χ3n) is 3.38. The van der Waals surface area contributed by atoms with E-state index in [9.17, 15) is 0 Å². The molecule has 90 valence electrons. The predicted molar refractivity (Wildman–Crippen MR) is 62.1 cm³/mol. The predicted octanol–water partition coefficient (Wildman–Crippen LogP) is 1.81. The van der Waals surface area contributed by atoms with Gasteiger partial charge in [0.2, 0.25) is 0 Å². The first-order chi connectivity index (χ1) is 6.98. The Morgan fingerprint density at radius 3 is 2.47 bits per heavy atom. The molecule has 3 heteroatoms. The van der Waals surface area contributed by atoms with Crippen molar-refractivity contribution in [1.29, 1.82) is 0 Å². The van der Waals surface area contributed by atoms with Gasteiger partial charge in [-0.25, -0.2) is 0 Å². The van der Waals surface area contributed by atoms with Crippen molar-refractivity contribution in [3.05, 3.63) is 0 Å². The zero-order chi connectivity index (χ0) is 11.5. The van der Waals surface area contributed by atoms with E-state index in [2.05, 4.69) is 19.2 Å². The lowest BCUT2D eigenvalue weighted by atomic mass is 9.64. The number of nitrogens with one attached hydrogen (secondary N) is 1. The highest BCUT2D eigenvalue weighted by molar-refractivity contribution is 5.02. The van der Waals surface area contributed by atoms with E-state index in [-0.39, 0.29) is 5.41 Å². The number of ether oxygens (including phenoxy) is 2. The Kier molecular flexibility index (Phi) is 4.56. The summed E-state index contributed by atoms with van der Waals surface area (Å²) in [5, 5.41) is 3.32. The first-order valence-corrected chi connectivity index (χ1v) is 5.89. The van der Waals surface area contributed by atoms with Crippen LogP contribution in [0.25, 0.3) is 0 Å². The van der Waals surface area contributed by atoms with E-state index in [1.807, 2.05) is 20.9 Å². The molecule has 1 N–H and O–H groups in total. The van der Waals surface area contributed by atoms with E-state index in [0.29, 0.717) is 31.5 Å². The third kappa shape index (κ3) is 3.16. The van der Waals surface area contributed by atoms with Crippen molar-refractivity contribution in [3.63, 3.8) is 0 Å². The molecule has 1 aliphatic carbocycles. The van der Waals surface area contributed by atoms with Gasteiger partial charge in [0.05, 0.1) is 25.4 Å². The normalized spacial score (nSPS) is 29.2. The van der Waals surface area contributed by atoms with E-state index in [4.69, 9.17) is 9.47 Å². The van der Waals surface area contributed by atoms with Crippen LogP contribution in [-0.2, 0) is 9.47 Å². The Labute approximate surface area is 93.5 Å². The summed E-state index contributed by atoms with van der Waals surface area (Å²) in [6.45, 7) is 10.0. The summed E-state index contributed by atoms with van der Waals surface area (Å²) in [5.74, 6) is 0. The van der Waals surface area contributed by atoms with Gasteiger partial charge in [0, 0.05) is 11.5 Å². The molecule has 0 aromatic carbocycles. The lowest BCUT2D eigenvalue weighted by molar-refractivity contribution is -0.128. The summed E-state index contributed by atoms with van der Waals surface area (Å²) in [6.07, 6.45) is 1.80. The average Bonchev–Trinajstić information content (AvgIpc) is 2.15. The molecule has 0 amide bonds. The second-order valence-electron chi connectivity index (χ2n) is 5.18. The third-order valence-corrected chi connectivity index (χ3v) is 3.38. The summed E-state index contributed by atoms with van der Waals surface area (Å²) in [6, 6.07) is 0.591. The maximum Gasteiger partial charge on any atom is 0.0704 e. The zero-order valence-corrected chi connectivity index (χ0v) is 10.7. The van der Waals surface area contributed by atoms with Gasteiger partial charge in [-0.15, -0.1) is 0 Å². The van der Waals surface area contributed by atoms with Gasteiger partial charge in [-0.3, -0.25) is 0 Å². The zero-order valence-electron chi connectivity index (χ0n) is 10.7. The first-order valence-electron chi connectivity index (χ1n) is 5.89. The fourth-order valence-corrected chi connectivity index (χ4v) is 2.13. The molecule has 1 fully saturated rings. The van der Waals surface area contributed by atoms with Gasteiger partial charge >= 0.3 is 0 Å². The van der Waals surface area contributed by atoms with Crippen molar-refractivity contribution < 1.29 is 9.47 Å². The second kappa shape index (κ2) is 5.28. The van der Waals surface area contributed by atoms with Gasteiger partial charge in [0.15, 0.2) is 0 Å². The Morgan fingerprint density at radius 1 is 1.33 bits per heavy atom. The molecule has 0 aliphatic heterocycles. The maximum atomic E-state index is 5.81. The minimum absolute atomic E-state index is 0.257. The smallest absolute Gasteiger partial charge is 0.0704 e. The van der Waals surface area contributed by atoms with Crippen molar-refractivity contribution >= 4 is 0 Å². The number of hydrogen-bond donors (Lipinski definition) is 1. The van der Waals surface area contributed by atoms with Gasteiger partial charge in [-0.05, 0) is 27.3 Å². The summed E-state index contributed by atoms with van der Waals surface area (Å²) in [5.41, 5.74) is 0.257. The fourth-order valence-electron chi connectivity index (χ4n) is 2.13. The van der Waals surface area contributed by atoms with E-state index in [0.717, 1.165) is 6.42 Å². The standard InChI is InChI=1S/C12H25NO2/c1-9(2)14-6-7-15-11-8-10(13-5)12(11,3)4/h9-11,13H,6-8H2,1-5H3. The molecule has 0 radical (unpaired) electrons. The first kappa shape index (κ1) is 12.9. The monoisotopic (exact) mass is 215 g/mol. The van der Waals surface area contributed by atoms with E-state index < -0.39 is 0 Å². The molecule has 15 heavy (non-hydrogen) atoms.